The number of benzene rings is 2. The first-order valence-corrected chi connectivity index (χ1v) is 9.36. The van der Waals surface area contributed by atoms with E-state index in [1.165, 1.54) is 18.4 Å². The molecule has 0 saturated heterocycles. The lowest BCUT2D eigenvalue weighted by atomic mass is 10.2. The number of esters is 1. The van der Waals surface area contributed by atoms with E-state index in [1.807, 2.05) is 0 Å². The Bertz CT molecular complexity index is 1150. The van der Waals surface area contributed by atoms with Crippen LogP contribution in [0.15, 0.2) is 47.5 Å². The van der Waals surface area contributed by atoms with Crippen molar-refractivity contribution < 1.29 is 19.1 Å². The Labute approximate surface area is 166 Å². The van der Waals surface area contributed by atoms with Gasteiger partial charge in [-0.25, -0.2) is 4.79 Å². The highest BCUT2D eigenvalue weighted by Crippen LogP contribution is 2.21. The molecule has 142 valence electrons. The van der Waals surface area contributed by atoms with Crippen LogP contribution in [0.1, 0.15) is 27.6 Å². The standard InChI is InChI=1S/C21H18N2O4S/c1-4-12-23-16-11-10-14(20(25)27-5-2)13-18(16)28-21(23)22-19(24)15-8-6-7-9-17(15)26-3/h1,6-11,13H,5,12H2,2-3H3. The molecule has 3 aromatic rings. The van der Waals surface area contributed by atoms with E-state index in [9.17, 15) is 9.59 Å². The van der Waals surface area contributed by atoms with E-state index >= 15 is 0 Å². The van der Waals surface area contributed by atoms with E-state index < -0.39 is 11.9 Å². The van der Waals surface area contributed by atoms with Gasteiger partial charge in [0.1, 0.15) is 5.75 Å². The third kappa shape index (κ3) is 3.82. The largest absolute Gasteiger partial charge is 0.496 e. The first-order valence-electron chi connectivity index (χ1n) is 8.55. The molecule has 0 aliphatic carbocycles. The van der Waals surface area contributed by atoms with Crippen LogP contribution in [0.4, 0.5) is 0 Å². The molecule has 0 bridgehead atoms. The fourth-order valence-electron chi connectivity index (χ4n) is 2.71. The summed E-state index contributed by atoms with van der Waals surface area (Å²) in [6.07, 6.45) is 5.50. The average Bonchev–Trinajstić information content (AvgIpc) is 3.04. The number of hydrogen-bond acceptors (Lipinski definition) is 5. The number of para-hydroxylation sites is 1. The number of rotatable bonds is 5. The number of ether oxygens (including phenoxy) is 2. The fraction of sp³-hybridized carbons (Fsp3) is 0.190. The maximum atomic E-state index is 12.7. The molecule has 6 nitrogen and oxygen atoms in total. The summed E-state index contributed by atoms with van der Waals surface area (Å²) in [5, 5.41) is 0. The normalized spacial score (nSPS) is 11.2. The van der Waals surface area contributed by atoms with E-state index in [-0.39, 0.29) is 6.54 Å². The van der Waals surface area contributed by atoms with Crippen LogP contribution in [0.3, 0.4) is 0 Å². The SMILES string of the molecule is C#CCn1c(=NC(=O)c2ccccc2OC)sc2cc(C(=O)OCC)ccc21. The van der Waals surface area contributed by atoms with Crippen molar-refractivity contribution in [3.63, 3.8) is 0 Å². The monoisotopic (exact) mass is 394 g/mol. The van der Waals surface area contributed by atoms with Gasteiger partial charge in [0.05, 0.1) is 41.6 Å². The Hall–Kier alpha value is -3.37. The van der Waals surface area contributed by atoms with Gasteiger partial charge in [-0.05, 0) is 37.3 Å². The molecule has 0 unspecified atom stereocenters. The summed E-state index contributed by atoms with van der Waals surface area (Å²) < 4.78 is 12.8. The van der Waals surface area contributed by atoms with Crippen LogP contribution in [-0.4, -0.2) is 30.2 Å². The lowest BCUT2D eigenvalue weighted by Crippen LogP contribution is -2.16. The molecular weight excluding hydrogens is 376 g/mol. The van der Waals surface area contributed by atoms with Gasteiger partial charge in [0, 0.05) is 0 Å². The van der Waals surface area contributed by atoms with Crippen LogP contribution in [0, 0.1) is 12.3 Å². The van der Waals surface area contributed by atoms with E-state index in [4.69, 9.17) is 15.9 Å². The Morgan fingerprint density at radius 1 is 1.25 bits per heavy atom. The number of thiazole rings is 1. The molecular formula is C21H18N2O4S. The maximum absolute atomic E-state index is 12.7. The van der Waals surface area contributed by atoms with Gasteiger partial charge in [-0.1, -0.05) is 29.4 Å². The number of methoxy groups -OCH3 is 1. The van der Waals surface area contributed by atoms with Gasteiger partial charge in [0.2, 0.25) is 0 Å². The molecule has 1 amide bonds. The summed E-state index contributed by atoms with van der Waals surface area (Å²) in [6.45, 7) is 2.30. The highest BCUT2D eigenvalue weighted by Gasteiger charge is 2.14. The van der Waals surface area contributed by atoms with Crippen LogP contribution in [0.25, 0.3) is 10.2 Å². The molecule has 0 aliphatic rings. The van der Waals surface area contributed by atoms with Gasteiger partial charge in [-0.2, -0.15) is 4.99 Å². The molecule has 0 spiro atoms. The van der Waals surface area contributed by atoms with Gasteiger partial charge in [0.15, 0.2) is 4.80 Å². The third-order valence-corrected chi connectivity index (χ3v) is 5.02. The highest BCUT2D eigenvalue weighted by molar-refractivity contribution is 7.16. The summed E-state index contributed by atoms with van der Waals surface area (Å²) in [7, 11) is 1.50. The highest BCUT2D eigenvalue weighted by atomic mass is 32.1. The minimum Gasteiger partial charge on any atom is -0.496 e. The molecule has 7 heteroatoms. The zero-order valence-electron chi connectivity index (χ0n) is 15.5. The first-order chi connectivity index (χ1) is 13.6. The number of fused-ring (bicyclic) bond motifs is 1. The summed E-state index contributed by atoms with van der Waals surface area (Å²) in [5.74, 6) is 2.20. The van der Waals surface area contributed by atoms with Gasteiger partial charge >= 0.3 is 5.97 Å². The number of amides is 1. The number of aromatic nitrogens is 1. The van der Waals surface area contributed by atoms with Crippen molar-refractivity contribution in [1.82, 2.24) is 4.57 Å². The second kappa shape index (κ2) is 8.55. The van der Waals surface area contributed by atoms with Gasteiger partial charge < -0.3 is 14.0 Å². The molecule has 0 N–H and O–H groups in total. The Balaban J connectivity index is 2.12. The summed E-state index contributed by atoms with van der Waals surface area (Å²) in [5.41, 5.74) is 1.59. The van der Waals surface area contributed by atoms with Crippen molar-refractivity contribution in [2.45, 2.75) is 13.5 Å². The minimum absolute atomic E-state index is 0.247. The molecule has 3 rings (SSSR count). The van der Waals surface area contributed by atoms with Crippen LogP contribution in [0.5, 0.6) is 5.75 Å². The zero-order valence-corrected chi connectivity index (χ0v) is 16.3. The molecule has 1 aromatic heterocycles. The van der Waals surface area contributed by atoms with Crippen molar-refractivity contribution >= 4 is 33.4 Å². The van der Waals surface area contributed by atoms with Crippen LogP contribution in [0.2, 0.25) is 0 Å². The minimum atomic E-state index is -0.430. The van der Waals surface area contributed by atoms with Crippen LogP contribution < -0.4 is 9.54 Å². The number of hydrogen-bond donors (Lipinski definition) is 0. The molecule has 0 aliphatic heterocycles. The topological polar surface area (TPSA) is 69.9 Å². The van der Waals surface area contributed by atoms with E-state index in [0.717, 1.165) is 10.2 Å². The lowest BCUT2D eigenvalue weighted by molar-refractivity contribution is 0.0526. The second-order valence-corrected chi connectivity index (χ2v) is 6.70. The van der Waals surface area contributed by atoms with Crippen molar-refractivity contribution in [2.75, 3.05) is 13.7 Å². The van der Waals surface area contributed by atoms with Crippen LogP contribution in [-0.2, 0) is 11.3 Å². The van der Waals surface area contributed by atoms with E-state index in [2.05, 4.69) is 10.9 Å². The predicted octanol–water partition coefficient (Wildman–Crippen LogP) is 3.26. The zero-order chi connectivity index (χ0) is 20.1. The quantitative estimate of drug-likeness (QED) is 0.492. The number of nitrogens with zero attached hydrogens (tertiary/aromatic N) is 2. The molecule has 0 fully saturated rings. The van der Waals surface area contributed by atoms with Gasteiger partial charge in [-0.3, -0.25) is 4.79 Å². The Morgan fingerprint density at radius 2 is 2.04 bits per heavy atom. The number of terminal acetylenes is 1. The third-order valence-electron chi connectivity index (χ3n) is 3.98. The summed E-state index contributed by atoms with van der Waals surface area (Å²) in [6, 6.07) is 12.1. The molecule has 0 radical (unpaired) electrons. The molecule has 1 heterocycles. The van der Waals surface area contributed by atoms with E-state index in [0.29, 0.717) is 28.3 Å². The van der Waals surface area contributed by atoms with Crippen molar-refractivity contribution in [2.24, 2.45) is 4.99 Å². The first kappa shape index (κ1) is 19.4. The summed E-state index contributed by atoms with van der Waals surface area (Å²) in [4.78, 5) is 29.4. The maximum Gasteiger partial charge on any atom is 0.338 e. The van der Waals surface area contributed by atoms with E-state index in [1.54, 1.807) is 54.0 Å². The Morgan fingerprint density at radius 3 is 2.75 bits per heavy atom. The van der Waals surface area contributed by atoms with Crippen molar-refractivity contribution in [1.29, 1.82) is 0 Å². The Kier molecular flexibility index (Phi) is 5.92. The molecule has 0 saturated carbocycles. The van der Waals surface area contributed by atoms with Gasteiger partial charge in [0.25, 0.3) is 5.91 Å². The smallest absolute Gasteiger partial charge is 0.338 e. The van der Waals surface area contributed by atoms with Crippen LogP contribution >= 0.6 is 11.3 Å². The second-order valence-electron chi connectivity index (χ2n) is 5.70. The summed E-state index contributed by atoms with van der Waals surface area (Å²) >= 11 is 1.28. The molecule has 28 heavy (non-hydrogen) atoms. The molecule has 2 aromatic carbocycles. The average molecular weight is 394 g/mol. The number of carbonyl (C=O) groups is 2. The van der Waals surface area contributed by atoms with Gasteiger partial charge in [-0.15, -0.1) is 6.42 Å². The number of carbonyl (C=O) groups excluding carboxylic acids is 2. The predicted molar refractivity (Wildman–Crippen MR) is 107 cm³/mol. The molecule has 0 atom stereocenters. The van der Waals surface area contributed by atoms with Crippen molar-refractivity contribution in [3.8, 4) is 18.1 Å². The fourth-order valence-corrected chi connectivity index (χ4v) is 3.78. The van der Waals surface area contributed by atoms with Crippen molar-refractivity contribution in [3.05, 3.63) is 58.4 Å². The lowest BCUT2D eigenvalue weighted by Gasteiger charge is -2.04.